The fourth-order valence-electron chi connectivity index (χ4n) is 1.34. The van der Waals surface area contributed by atoms with Gasteiger partial charge in [-0.3, -0.25) is 9.78 Å². The van der Waals surface area contributed by atoms with Crippen molar-refractivity contribution in [3.63, 3.8) is 0 Å². The molecule has 0 saturated heterocycles. The first-order chi connectivity index (χ1) is 6.27. The molecule has 0 saturated carbocycles. The molecule has 4 nitrogen and oxygen atoms in total. The molecule has 68 valence electrons. The maximum Gasteiger partial charge on any atom is 1.00 e. The number of pyridine rings is 1. The summed E-state index contributed by atoms with van der Waals surface area (Å²) in [5, 5.41) is 9.54. The maximum absolute atomic E-state index is 10.5. The summed E-state index contributed by atoms with van der Waals surface area (Å²) >= 11 is 0. The van der Waals surface area contributed by atoms with Crippen LogP contribution < -0.4 is 51.4 Å². The predicted molar refractivity (Wildman–Crippen MR) is 48.5 cm³/mol. The molecule has 0 aliphatic rings. The molecule has 14 heavy (non-hydrogen) atoms. The van der Waals surface area contributed by atoms with E-state index in [2.05, 4.69) is 9.97 Å². The quantitative estimate of drug-likeness (QED) is 0.589. The monoisotopic (exact) mass is 216 g/mol. The summed E-state index contributed by atoms with van der Waals surface area (Å²) in [6.45, 7) is 0. The minimum absolute atomic E-state index is 0. The minimum atomic E-state index is -0.822. The predicted octanol–water partition coefficient (Wildman–Crippen LogP) is -1.69. The first-order valence-electron chi connectivity index (χ1n) is 3.89. The molecular weight excluding hydrogens is 207 g/mol. The van der Waals surface area contributed by atoms with Crippen LogP contribution in [0.2, 0.25) is 0 Å². The van der Waals surface area contributed by atoms with Crippen LogP contribution in [0.4, 0.5) is 0 Å². The Bertz CT molecular complexity index is 458. The van der Waals surface area contributed by atoms with Crippen molar-refractivity contribution >= 4 is 16.9 Å². The number of fused-ring (bicyclic) bond motifs is 1. The topological polar surface area (TPSA) is 66.0 Å². The number of aromatic nitrogens is 2. The van der Waals surface area contributed by atoms with E-state index in [0.717, 1.165) is 16.5 Å². The Kier molecular flexibility index (Phi) is 4.27. The number of carboxylic acids is 1. The van der Waals surface area contributed by atoms with Gasteiger partial charge < -0.3 is 11.5 Å². The third-order valence-electron chi connectivity index (χ3n) is 1.91. The Balaban J connectivity index is 0.000000980. The Labute approximate surface area is 125 Å². The standard InChI is InChI=1S/C9H8N2O2.K.H/c12-9(13)3-6-4-11-8-5-10-2-1-7(6)8;;/h1-2,4-5,11H,3H2,(H,12,13);;/q;+1;-1. The second-order valence-electron chi connectivity index (χ2n) is 2.81. The number of rotatable bonds is 2. The van der Waals surface area contributed by atoms with Gasteiger partial charge in [-0.05, 0) is 11.6 Å². The Morgan fingerprint density at radius 2 is 2.43 bits per heavy atom. The van der Waals surface area contributed by atoms with E-state index < -0.39 is 5.97 Å². The third-order valence-corrected chi connectivity index (χ3v) is 1.91. The molecular formula is C9H9KN2O2. The van der Waals surface area contributed by atoms with E-state index in [1.165, 1.54) is 0 Å². The molecule has 2 N–H and O–H groups in total. The summed E-state index contributed by atoms with van der Waals surface area (Å²) in [5.41, 5.74) is 1.67. The Hall–Kier alpha value is -0.204. The number of aromatic amines is 1. The van der Waals surface area contributed by atoms with Crippen molar-refractivity contribution in [1.82, 2.24) is 9.97 Å². The van der Waals surface area contributed by atoms with Crippen molar-refractivity contribution in [2.45, 2.75) is 6.42 Å². The van der Waals surface area contributed by atoms with Gasteiger partial charge in [-0.15, -0.1) is 0 Å². The van der Waals surface area contributed by atoms with Crippen LogP contribution >= 0.6 is 0 Å². The van der Waals surface area contributed by atoms with Gasteiger partial charge in [0.1, 0.15) is 0 Å². The molecule has 0 amide bonds. The zero-order valence-electron chi connectivity index (χ0n) is 8.82. The number of nitrogens with zero attached hydrogens (tertiary/aromatic N) is 1. The summed E-state index contributed by atoms with van der Waals surface area (Å²) in [7, 11) is 0. The molecule has 0 atom stereocenters. The zero-order chi connectivity index (χ0) is 9.26. The smallest absolute Gasteiger partial charge is 1.00 e. The van der Waals surface area contributed by atoms with Crippen LogP contribution in [0.3, 0.4) is 0 Å². The van der Waals surface area contributed by atoms with Crippen LogP contribution in [0.1, 0.15) is 6.99 Å². The van der Waals surface area contributed by atoms with Gasteiger partial charge in [-0.1, -0.05) is 0 Å². The van der Waals surface area contributed by atoms with Gasteiger partial charge in [-0.25, -0.2) is 0 Å². The Morgan fingerprint density at radius 3 is 3.14 bits per heavy atom. The van der Waals surface area contributed by atoms with E-state index in [0.29, 0.717) is 0 Å². The number of nitrogens with one attached hydrogen (secondary N) is 1. The van der Waals surface area contributed by atoms with Gasteiger partial charge >= 0.3 is 57.4 Å². The molecule has 0 aliphatic carbocycles. The second-order valence-corrected chi connectivity index (χ2v) is 2.81. The van der Waals surface area contributed by atoms with E-state index in [1.54, 1.807) is 18.6 Å². The average molecular weight is 216 g/mol. The second kappa shape index (κ2) is 5.04. The van der Waals surface area contributed by atoms with Crippen molar-refractivity contribution in [3.8, 4) is 0 Å². The van der Waals surface area contributed by atoms with E-state index >= 15 is 0 Å². The van der Waals surface area contributed by atoms with Crippen molar-refractivity contribution in [2.75, 3.05) is 0 Å². The van der Waals surface area contributed by atoms with E-state index in [-0.39, 0.29) is 59.2 Å². The number of hydrogen-bond donors (Lipinski definition) is 2. The van der Waals surface area contributed by atoms with Crippen molar-refractivity contribution in [3.05, 3.63) is 30.2 Å². The van der Waals surface area contributed by atoms with Gasteiger partial charge in [0, 0.05) is 17.8 Å². The maximum atomic E-state index is 10.5. The summed E-state index contributed by atoms with van der Waals surface area (Å²) in [4.78, 5) is 17.4. The van der Waals surface area contributed by atoms with Crippen LogP contribution in [-0.2, 0) is 11.2 Å². The van der Waals surface area contributed by atoms with E-state index in [1.807, 2.05) is 6.07 Å². The fraction of sp³-hybridized carbons (Fsp3) is 0.111. The number of aliphatic carboxylic acids is 1. The summed E-state index contributed by atoms with van der Waals surface area (Å²) in [5.74, 6) is -0.822. The summed E-state index contributed by atoms with van der Waals surface area (Å²) in [6, 6.07) is 1.81. The van der Waals surface area contributed by atoms with Crippen LogP contribution in [0.15, 0.2) is 24.7 Å². The van der Waals surface area contributed by atoms with Crippen LogP contribution in [-0.4, -0.2) is 21.0 Å². The molecule has 0 aromatic carbocycles. The largest absolute Gasteiger partial charge is 1.00 e. The first kappa shape index (κ1) is 11.9. The molecule has 0 aliphatic heterocycles. The van der Waals surface area contributed by atoms with Crippen molar-refractivity contribution < 1.29 is 62.7 Å². The number of hydrogen-bond acceptors (Lipinski definition) is 2. The van der Waals surface area contributed by atoms with Gasteiger partial charge in [0.25, 0.3) is 0 Å². The normalized spacial score (nSPS) is 9.71. The number of carbonyl (C=O) groups is 1. The van der Waals surface area contributed by atoms with Crippen LogP contribution in [0, 0.1) is 0 Å². The van der Waals surface area contributed by atoms with Crippen LogP contribution in [0.5, 0.6) is 0 Å². The molecule has 0 spiro atoms. The molecule has 2 aromatic heterocycles. The molecule has 0 bridgehead atoms. The summed E-state index contributed by atoms with van der Waals surface area (Å²) in [6.07, 6.45) is 5.09. The molecule has 2 aromatic rings. The third kappa shape index (κ3) is 2.43. The van der Waals surface area contributed by atoms with Crippen molar-refractivity contribution in [1.29, 1.82) is 0 Å². The number of H-pyrrole nitrogens is 1. The molecule has 0 radical (unpaired) electrons. The van der Waals surface area contributed by atoms with Gasteiger partial charge in [-0.2, -0.15) is 0 Å². The SMILES string of the molecule is O=C(O)Cc1c[nH]c2cnccc12.[H-].[K+]. The van der Waals surface area contributed by atoms with Gasteiger partial charge in [0.2, 0.25) is 0 Å². The van der Waals surface area contributed by atoms with Gasteiger partial charge in [0.05, 0.1) is 18.1 Å². The minimum Gasteiger partial charge on any atom is -1.00 e. The first-order valence-corrected chi connectivity index (χ1v) is 3.89. The average Bonchev–Trinajstić information content (AvgIpc) is 2.48. The van der Waals surface area contributed by atoms with Crippen molar-refractivity contribution in [2.24, 2.45) is 0 Å². The fourth-order valence-corrected chi connectivity index (χ4v) is 1.34. The molecule has 2 heterocycles. The number of carboxylic acid groups (broad SMARTS) is 1. The molecule has 2 rings (SSSR count). The molecule has 0 fully saturated rings. The zero-order valence-corrected chi connectivity index (χ0v) is 10.9. The van der Waals surface area contributed by atoms with Crippen LogP contribution in [0.25, 0.3) is 10.9 Å². The molecule has 5 heteroatoms. The summed E-state index contributed by atoms with van der Waals surface area (Å²) < 4.78 is 0. The van der Waals surface area contributed by atoms with E-state index in [4.69, 9.17) is 5.11 Å². The molecule has 0 unspecified atom stereocenters. The van der Waals surface area contributed by atoms with Gasteiger partial charge in [0.15, 0.2) is 0 Å². The van der Waals surface area contributed by atoms with E-state index in [9.17, 15) is 4.79 Å². The Morgan fingerprint density at radius 1 is 1.64 bits per heavy atom.